The van der Waals surface area contributed by atoms with Gasteiger partial charge in [0.2, 0.25) is 0 Å². The van der Waals surface area contributed by atoms with Crippen LogP contribution in [0.15, 0.2) is 30.3 Å². The zero-order valence-corrected chi connectivity index (χ0v) is 12.4. The minimum Gasteiger partial charge on any atom is -0.480 e. The molecule has 2 rings (SSSR count). The molecule has 7 heteroatoms. The Bertz CT molecular complexity index is 609. The number of carboxylic acids is 1. The average Bonchev–Trinajstić information content (AvgIpc) is 2.76. The lowest BCUT2D eigenvalue weighted by molar-refractivity contribution is -0.136. The fraction of sp³-hybridized carbons (Fsp3) is 0.462. The minimum atomic E-state index is -3.16. The Balaban J connectivity index is 2.13. The van der Waals surface area contributed by atoms with E-state index in [0.29, 0.717) is 0 Å². The Morgan fingerprint density at radius 3 is 2.50 bits per heavy atom. The molecule has 0 aromatic heterocycles. The molecule has 1 aromatic carbocycles. The Hall–Kier alpha value is -1.21. The zero-order valence-electron chi connectivity index (χ0n) is 10.8. The molecule has 1 aliphatic rings. The van der Waals surface area contributed by atoms with E-state index in [0.717, 1.165) is 5.56 Å². The van der Waals surface area contributed by atoms with E-state index in [4.69, 9.17) is 0 Å². The van der Waals surface area contributed by atoms with E-state index in [1.807, 2.05) is 6.07 Å². The van der Waals surface area contributed by atoms with E-state index in [1.54, 1.807) is 24.3 Å². The maximum absolute atomic E-state index is 12.3. The summed E-state index contributed by atoms with van der Waals surface area (Å²) in [6.07, 6.45) is 0.437. The maximum atomic E-state index is 12.3. The van der Waals surface area contributed by atoms with Crippen molar-refractivity contribution in [3.63, 3.8) is 0 Å². The quantitative estimate of drug-likeness (QED) is 0.860. The van der Waals surface area contributed by atoms with E-state index in [9.17, 15) is 22.5 Å². The smallest absolute Gasteiger partial charge is 0.319 e. The van der Waals surface area contributed by atoms with Crippen molar-refractivity contribution in [2.24, 2.45) is 0 Å². The summed E-state index contributed by atoms with van der Waals surface area (Å²) in [4.78, 5) is 11.3. The van der Waals surface area contributed by atoms with E-state index in [2.05, 4.69) is 0 Å². The first-order chi connectivity index (χ1) is 9.39. The Kier molecular flexibility index (Phi) is 4.59. The second kappa shape index (κ2) is 6.05. The first-order valence-corrected chi connectivity index (χ1v) is 9.35. The monoisotopic (exact) mass is 316 g/mol. The molecule has 1 aromatic rings. The molecule has 0 aliphatic carbocycles. The molecule has 5 nitrogen and oxygen atoms in total. The third-order valence-corrected chi connectivity index (χ3v) is 7.31. The molecule has 0 amide bonds. The van der Waals surface area contributed by atoms with Crippen LogP contribution < -0.4 is 0 Å². The summed E-state index contributed by atoms with van der Waals surface area (Å²) in [6, 6.07) is 8.95. The number of carboxylic acid groups (broad SMARTS) is 1. The molecule has 110 valence electrons. The number of sulfone groups is 1. The van der Waals surface area contributed by atoms with Crippen LogP contribution >= 0.6 is 0 Å². The van der Waals surface area contributed by atoms with E-state index >= 15 is 0 Å². The fourth-order valence-electron chi connectivity index (χ4n) is 2.27. The van der Waals surface area contributed by atoms with Gasteiger partial charge in [-0.05, 0) is 18.4 Å². The number of benzene rings is 1. The van der Waals surface area contributed by atoms with Gasteiger partial charge >= 0.3 is 5.97 Å². The summed E-state index contributed by atoms with van der Waals surface area (Å²) in [6.45, 7) is 0. The number of hydrogen-bond donors (Lipinski definition) is 1. The predicted molar refractivity (Wildman–Crippen MR) is 76.8 cm³/mol. The molecule has 3 atom stereocenters. The summed E-state index contributed by atoms with van der Waals surface area (Å²) in [5.41, 5.74) is 0.786. The summed E-state index contributed by atoms with van der Waals surface area (Å²) in [5, 5.41) is 7.63. The highest BCUT2D eigenvalue weighted by atomic mass is 32.2. The van der Waals surface area contributed by atoms with Gasteiger partial charge in [-0.15, -0.1) is 0 Å². The third-order valence-electron chi connectivity index (χ3n) is 3.34. The van der Waals surface area contributed by atoms with Crippen LogP contribution in [0.1, 0.15) is 12.0 Å². The Morgan fingerprint density at radius 1 is 1.35 bits per heavy atom. The van der Waals surface area contributed by atoms with Gasteiger partial charge in [-0.25, -0.2) is 8.42 Å². The normalized spacial score (nSPS) is 24.1. The average molecular weight is 316 g/mol. The molecule has 0 bridgehead atoms. The van der Waals surface area contributed by atoms with Gasteiger partial charge in [0.05, 0.1) is 16.8 Å². The van der Waals surface area contributed by atoms with Gasteiger partial charge in [0.1, 0.15) is 5.25 Å². The van der Waals surface area contributed by atoms with Crippen LogP contribution in [-0.4, -0.2) is 45.7 Å². The largest absolute Gasteiger partial charge is 0.480 e. The minimum absolute atomic E-state index is 0.00107. The molecule has 20 heavy (non-hydrogen) atoms. The van der Waals surface area contributed by atoms with Gasteiger partial charge in [-0.1, -0.05) is 30.3 Å². The highest BCUT2D eigenvalue weighted by Gasteiger charge is 2.37. The van der Waals surface area contributed by atoms with Gasteiger partial charge in [0, 0.05) is 10.8 Å². The number of hydrogen-bond acceptors (Lipinski definition) is 4. The van der Waals surface area contributed by atoms with Crippen molar-refractivity contribution in [1.29, 1.82) is 0 Å². The van der Waals surface area contributed by atoms with E-state index in [-0.39, 0.29) is 24.3 Å². The SMILES string of the molecule is O=C(O)C(Cc1ccccc1)S(=O)C1CCS(=O)(=O)C1. The Morgan fingerprint density at radius 2 is 2.00 bits per heavy atom. The number of carbonyl (C=O) groups is 1. The van der Waals surface area contributed by atoms with Gasteiger partial charge in [-0.2, -0.15) is 0 Å². The maximum Gasteiger partial charge on any atom is 0.319 e. The third kappa shape index (κ3) is 3.67. The topological polar surface area (TPSA) is 88.5 Å². The molecular weight excluding hydrogens is 300 g/mol. The standard InChI is InChI=1S/C13H16O5S2/c14-13(15)12(8-10-4-2-1-3-5-10)19(16)11-6-7-20(17,18)9-11/h1-5,11-12H,6-9H2,(H,14,15). The lowest BCUT2D eigenvalue weighted by Gasteiger charge is -2.16. The molecule has 1 saturated heterocycles. The molecule has 1 aliphatic heterocycles. The highest BCUT2D eigenvalue weighted by molar-refractivity contribution is 7.94. The summed E-state index contributed by atoms with van der Waals surface area (Å²) < 4.78 is 35.2. The Labute approximate surface area is 120 Å². The number of aliphatic carboxylic acids is 1. The summed E-state index contributed by atoms with van der Waals surface area (Å²) in [5.74, 6) is -1.31. The van der Waals surface area contributed by atoms with Crippen molar-refractivity contribution in [2.75, 3.05) is 11.5 Å². The lowest BCUT2D eigenvalue weighted by Crippen LogP contribution is -2.35. The van der Waals surface area contributed by atoms with Crippen molar-refractivity contribution in [3.8, 4) is 0 Å². The molecule has 0 saturated carbocycles. The highest BCUT2D eigenvalue weighted by Crippen LogP contribution is 2.21. The zero-order chi connectivity index (χ0) is 14.8. The fourth-order valence-corrected chi connectivity index (χ4v) is 6.49. The van der Waals surface area contributed by atoms with Gasteiger partial charge in [-0.3, -0.25) is 9.00 Å². The summed E-state index contributed by atoms with van der Waals surface area (Å²) >= 11 is 0. The van der Waals surface area contributed by atoms with Gasteiger partial charge in [0.25, 0.3) is 0 Å². The molecule has 1 fully saturated rings. The van der Waals surface area contributed by atoms with Crippen LogP contribution in [0.2, 0.25) is 0 Å². The first kappa shape index (κ1) is 15.2. The molecule has 1 heterocycles. The molecule has 0 spiro atoms. The van der Waals surface area contributed by atoms with Crippen molar-refractivity contribution < 1.29 is 22.5 Å². The molecule has 3 unspecified atom stereocenters. The molecule has 1 N–H and O–H groups in total. The lowest BCUT2D eigenvalue weighted by atomic mass is 10.1. The first-order valence-electron chi connectivity index (χ1n) is 6.25. The van der Waals surface area contributed by atoms with Crippen molar-refractivity contribution in [3.05, 3.63) is 35.9 Å². The molecular formula is C13H16O5S2. The van der Waals surface area contributed by atoms with Gasteiger partial charge < -0.3 is 5.11 Å². The van der Waals surface area contributed by atoms with E-state index in [1.165, 1.54) is 0 Å². The van der Waals surface area contributed by atoms with Crippen LogP contribution in [0, 0.1) is 0 Å². The predicted octanol–water partition coefficient (Wildman–Crippen LogP) is 0.618. The van der Waals surface area contributed by atoms with Crippen LogP contribution in [0.4, 0.5) is 0 Å². The summed E-state index contributed by atoms with van der Waals surface area (Å²) in [7, 11) is -4.85. The van der Waals surface area contributed by atoms with Crippen molar-refractivity contribution >= 4 is 26.6 Å². The van der Waals surface area contributed by atoms with Crippen LogP contribution in [-0.2, 0) is 31.9 Å². The number of rotatable bonds is 5. The second-order valence-electron chi connectivity index (χ2n) is 4.87. The van der Waals surface area contributed by atoms with Crippen molar-refractivity contribution in [2.45, 2.75) is 23.3 Å². The van der Waals surface area contributed by atoms with E-state index < -0.39 is 37.1 Å². The van der Waals surface area contributed by atoms with Gasteiger partial charge in [0.15, 0.2) is 9.84 Å². The van der Waals surface area contributed by atoms with Crippen LogP contribution in [0.3, 0.4) is 0 Å². The second-order valence-corrected chi connectivity index (χ2v) is 8.99. The van der Waals surface area contributed by atoms with Crippen LogP contribution in [0.5, 0.6) is 0 Å². The molecule has 0 radical (unpaired) electrons. The van der Waals surface area contributed by atoms with Crippen molar-refractivity contribution in [1.82, 2.24) is 0 Å². The van der Waals surface area contributed by atoms with Crippen LogP contribution in [0.25, 0.3) is 0 Å².